The molecule has 65 heavy (non-hydrogen) atoms. The minimum absolute atomic E-state index is 0.451. The zero-order valence-electron chi connectivity index (χ0n) is 35.4. The van der Waals surface area contributed by atoms with Crippen LogP contribution in [0.2, 0.25) is 0 Å². The van der Waals surface area contributed by atoms with Crippen molar-refractivity contribution in [2.45, 2.75) is 5.41 Å². The molecule has 2 aliphatic carbocycles. The summed E-state index contributed by atoms with van der Waals surface area (Å²) in [6.45, 7) is 0. The summed E-state index contributed by atoms with van der Waals surface area (Å²) in [7, 11) is 0. The second-order valence-corrected chi connectivity index (χ2v) is 17.6. The van der Waals surface area contributed by atoms with Crippen LogP contribution in [0.5, 0.6) is 0 Å². The first-order chi connectivity index (χ1) is 32.2. The van der Waals surface area contributed by atoms with Gasteiger partial charge < -0.3 is 9.32 Å². The average molecular weight is 826 g/mol. The van der Waals surface area contributed by atoms with E-state index in [2.05, 4.69) is 235 Å². The van der Waals surface area contributed by atoms with Crippen LogP contribution in [0.1, 0.15) is 22.3 Å². The lowest BCUT2D eigenvalue weighted by Crippen LogP contribution is -2.25. The van der Waals surface area contributed by atoms with E-state index >= 15 is 0 Å². The average Bonchev–Trinajstić information content (AvgIpc) is 4.01. The minimum Gasteiger partial charge on any atom is -0.454 e. The standard InChI is InChI=1S/C63H39NO/c1-3-14-43-36-45(25-24-40(43)12-1)46-30-35-58-55(38-46)52-34-29-47(39-59(52)63(58)56-20-8-5-16-50(56)51-17-6-9-21-57(51)63)42-26-31-48(32-27-42)64(49-33-28-41-13-2-4-15-44(41)37-49)60-22-11-19-54-53-18-7-10-23-61(53)65-62(54)60/h1-39H. The lowest BCUT2D eigenvalue weighted by atomic mass is 9.70. The number of para-hydroxylation sites is 2. The molecule has 0 N–H and O–H groups in total. The van der Waals surface area contributed by atoms with Crippen LogP contribution in [0, 0.1) is 0 Å². The summed E-state index contributed by atoms with van der Waals surface area (Å²) >= 11 is 0. The quantitative estimate of drug-likeness (QED) is 0.172. The highest BCUT2D eigenvalue weighted by atomic mass is 16.3. The molecule has 0 aliphatic heterocycles. The van der Waals surface area contributed by atoms with Gasteiger partial charge in [-0.15, -0.1) is 0 Å². The molecule has 12 aromatic rings. The van der Waals surface area contributed by atoms with Gasteiger partial charge >= 0.3 is 0 Å². The van der Waals surface area contributed by atoms with E-state index in [4.69, 9.17) is 4.42 Å². The van der Waals surface area contributed by atoms with Crippen LogP contribution in [-0.4, -0.2) is 0 Å². The van der Waals surface area contributed by atoms with Crippen LogP contribution in [0.3, 0.4) is 0 Å². The molecule has 302 valence electrons. The maximum atomic E-state index is 6.66. The van der Waals surface area contributed by atoms with Gasteiger partial charge in [-0.1, -0.05) is 182 Å². The molecular formula is C63H39NO. The molecule has 0 unspecified atom stereocenters. The molecule has 1 heterocycles. The molecule has 11 aromatic carbocycles. The van der Waals surface area contributed by atoms with Crippen LogP contribution in [0.4, 0.5) is 17.1 Å². The molecule has 2 nitrogen and oxygen atoms in total. The molecular weight excluding hydrogens is 787 g/mol. The van der Waals surface area contributed by atoms with Crippen molar-refractivity contribution in [2.75, 3.05) is 4.90 Å². The Morgan fingerprint density at radius 3 is 1.63 bits per heavy atom. The van der Waals surface area contributed by atoms with Crippen molar-refractivity contribution in [3.63, 3.8) is 0 Å². The van der Waals surface area contributed by atoms with Crippen molar-refractivity contribution in [3.05, 3.63) is 259 Å². The molecule has 2 heteroatoms. The number of hydrogen-bond acceptors (Lipinski definition) is 2. The highest BCUT2D eigenvalue weighted by Crippen LogP contribution is 2.63. The Hall–Kier alpha value is -8.46. The number of rotatable bonds is 5. The first-order valence-electron chi connectivity index (χ1n) is 22.5. The van der Waals surface area contributed by atoms with E-state index in [0.717, 1.165) is 39.0 Å². The fourth-order valence-electron chi connectivity index (χ4n) is 11.3. The van der Waals surface area contributed by atoms with Crippen molar-refractivity contribution in [1.82, 2.24) is 0 Å². The molecule has 0 amide bonds. The second kappa shape index (κ2) is 13.8. The van der Waals surface area contributed by atoms with Gasteiger partial charge in [0.15, 0.2) is 5.58 Å². The summed E-state index contributed by atoms with van der Waals surface area (Å²) in [5.41, 5.74) is 19.8. The maximum absolute atomic E-state index is 6.66. The number of anilines is 3. The Morgan fingerprint density at radius 2 is 0.846 bits per heavy atom. The summed E-state index contributed by atoms with van der Waals surface area (Å²) in [5.74, 6) is 0. The summed E-state index contributed by atoms with van der Waals surface area (Å²) in [5, 5.41) is 7.13. The second-order valence-electron chi connectivity index (χ2n) is 17.6. The first-order valence-corrected chi connectivity index (χ1v) is 22.5. The number of fused-ring (bicyclic) bond motifs is 15. The summed E-state index contributed by atoms with van der Waals surface area (Å²) in [6, 6.07) is 87.1. The predicted molar refractivity (Wildman–Crippen MR) is 271 cm³/mol. The van der Waals surface area contributed by atoms with E-state index in [0.29, 0.717) is 0 Å². The van der Waals surface area contributed by atoms with Gasteiger partial charge in [0.2, 0.25) is 0 Å². The Labute approximate surface area is 376 Å². The largest absolute Gasteiger partial charge is 0.454 e. The van der Waals surface area contributed by atoms with Crippen LogP contribution in [-0.2, 0) is 5.41 Å². The zero-order valence-corrected chi connectivity index (χ0v) is 35.4. The minimum atomic E-state index is -0.451. The molecule has 14 rings (SSSR count). The lowest BCUT2D eigenvalue weighted by molar-refractivity contribution is 0.669. The Morgan fingerprint density at radius 1 is 0.308 bits per heavy atom. The van der Waals surface area contributed by atoms with E-state index in [1.807, 2.05) is 6.07 Å². The van der Waals surface area contributed by atoms with E-state index in [-0.39, 0.29) is 0 Å². The van der Waals surface area contributed by atoms with E-state index in [1.165, 1.54) is 88.3 Å². The van der Waals surface area contributed by atoms with Crippen molar-refractivity contribution in [3.8, 4) is 44.5 Å². The first kappa shape index (κ1) is 36.1. The van der Waals surface area contributed by atoms with Crippen LogP contribution >= 0.6 is 0 Å². The Balaban J connectivity index is 0.935. The number of benzene rings is 11. The number of nitrogens with zero attached hydrogens (tertiary/aromatic N) is 1. The smallest absolute Gasteiger partial charge is 0.159 e. The SMILES string of the molecule is c1ccc2c(c1)-c1ccccc1C21c2ccc(-c3ccc4ccccc4c3)cc2-c2ccc(-c3ccc(N(c4ccc5ccccc5c4)c4cccc5c4oc4ccccc45)cc3)cc21. The normalized spacial score (nSPS) is 13.0. The van der Waals surface area contributed by atoms with Crippen molar-refractivity contribution in [2.24, 2.45) is 0 Å². The van der Waals surface area contributed by atoms with E-state index < -0.39 is 5.41 Å². The fraction of sp³-hybridized carbons (Fsp3) is 0.0159. The van der Waals surface area contributed by atoms with Gasteiger partial charge in [0.05, 0.1) is 11.1 Å². The molecule has 2 aliphatic rings. The topological polar surface area (TPSA) is 16.4 Å². The van der Waals surface area contributed by atoms with E-state index in [1.54, 1.807) is 0 Å². The third kappa shape index (κ3) is 5.23. The molecule has 0 radical (unpaired) electrons. The Bertz CT molecular complexity index is 3860. The van der Waals surface area contributed by atoms with Crippen molar-refractivity contribution < 1.29 is 4.42 Å². The lowest BCUT2D eigenvalue weighted by Gasteiger charge is -2.31. The van der Waals surface area contributed by atoms with Crippen LogP contribution < -0.4 is 4.90 Å². The van der Waals surface area contributed by atoms with Crippen LogP contribution in [0.15, 0.2) is 241 Å². The number of hydrogen-bond donors (Lipinski definition) is 0. The summed E-state index contributed by atoms with van der Waals surface area (Å²) < 4.78 is 6.66. The third-order valence-corrected chi connectivity index (χ3v) is 14.2. The van der Waals surface area contributed by atoms with Gasteiger partial charge in [-0.2, -0.15) is 0 Å². The maximum Gasteiger partial charge on any atom is 0.159 e. The fourth-order valence-corrected chi connectivity index (χ4v) is 11.3. The zero-order chi connectivity index (χ0) is 42.6. The van der Waals surface area contributed by atoms with Crippen LogP contribution in [0.25, 0.3) is 88.0 Å². The molecule has 0 bridgehead atoms. The van der Waals surface area contributed by atoms with Gasteiger partial charge in [-0.3, -0.25) is 0 Å². The van der Waals surface area contributed by atoms with Gasteiger partial charge in [0.25, 0.3) is 0 Å². The Kier molecular flexibility index (Phi) is 7.64. The van der Waals surface area contributed by atoms with Gasteiger partial charge in [-0.25, -0.2) is 0 Å². The molecule has 0 atom stereocenters. The highest BCUT2D eigenvalue weighted by molar-refractivity contribution is 6.10. The predicted octanol–water partition coefficient (Wildman–Crippen LogP) is 17.0. The van der Waals surface area contributed by atoms with E-state index in [9.17, 15) is 0 Å². The van der Waals surface area contributed by atoms with Crippen molar-refractivity contribution in [1.29, 1.82) is 0 Å². The summed E-state index contributed by atoms with van der Waals surface area (Å²) in [6.07, 6.45) is 0. The molecule has 1 spiro atoms. The monoisotopic (exact) mass is 825 g/mol. The highest BCUT2D eigenvalue weighted by Gasteiger charge is 2.51. The molecule has 0 fully saturated rings. The van der Waals surface area contributed by atoms with Crippen molar-refractivity contribution >= 4 is 60.5 Å². The van der Waals surface area contributed by atoms with Gasteiger partial charge in [-0.05, 0) is 143 Å². The molecule has 1 aromatic heterocycles. The molecule has 0 saturated carbocycles. The summed E-state index contributed by atoms with van der Waals surface area (Å²) in [4.78, 5) is 2.34. The van der Waals surface area contributed by atoms with Gasteiger partial charge in [0, 0.05) is 22.1 Å². The number of furan rings is 1. The third-order valence-electron chi connectivity index (χ3n) is 14.2. The molecule has 0 saturated heterocycles. The van der Waals surface area contributed by atoms with Gasteiger partial charge in [0.1, 0.15) is 5.58 Å².